The Morgan fingerprint density at radius 2 is 1.71 bits per heavy atom. The van der Waals surface area contributed by atoms with E-state index in [0.29, 0.717) is 5.56 Å². The third-order valence-corrected chi connectivity index (χ3v) is 7.48. The van der Waals surface area contributed by atoms with Crippen LogP contribution in [0.5, 0.6) is 0 Å². The van der Waals surface area contributed by atoms with Crippen molar-refractivity contribution in [2.75, 3.05) is 0 Å². The van der Waals surface area contributed by atoms with E-state index >= 15 is 0 Å². The van der Waals surface area contributed by atoms with Gasteiger partial charge < -0.3 is 0 Å². The van der Waals surface area contributed by atoms with Crippen LogP contribution in [0.3, 0.4) is 0 Å². The lowest BCUT2D eigenvalue weighted by atomic mass is 10.2. The molecule has 0 spiro atoms. The monoisotopic (exact) mass is 440 g/mol. The predicted octanol–water partition coefficient (Wildman–Crippen LogP) is 2.89. The molecule has 0 radical (unpaired) electrons. The molecular formula is C8H7FI2O2S. The molecule has 2 nitrogen and oxygen atoms in total. The van der Waals surface area contributed by atoms with Crippen LogP contribution >= 0.6 is 45.2 Å². The lowest BCUT2D eigenvalue weighted by Crippen LogP contribution is -2.10. The zero-order chi connectivity index (χ0) is 10.8. The van der Waals surface area contributed by atoms with E-state index in [2.05, 4.69) is 0 Å². The highest BCUT2D eigenvalue weighted by Crippen LogP contribution is 2.21. The molecule has 0 atom stereocenters. The average molecular weight is 440 g/mol. The average Bonchev–Trinajstić information content (AvgIpc) is 2.08. The van der Waals surface area contributed by atoms with Crippen molar-refractivity contribution in [1.29, 1.82) is 0 Å². The normalized spacial score (nSPS) is 12.0. The number of sulfone groups is 1. The second-order valence-corrected chi connectivity index (χ2v) is 11.3. The summed E-state index contributed by atoms with van der Waals surface area (Å²) in [7, 11) is -3.11. The number of hydrogen-bond acceptors (Lipinski definition) is 2. The second kappa shape index (κ2) is 5.06. The van der Waals surface area contributed by atoms with Gasteiger partial charge in [-0.15, -0.1) is 0 Å². The number of halogens is 3. The molecule has 0 aliphatic rings. The minimum absolute atomic E-state index is 0.0379. The van der Waals surface area contributed by atoms with Crippen LogP contribution in [0.25, 0.3) is 0 Å². The Labute approximate surface area is 109 Å². The molecule has 0 unspecified atom stereocenters. The van der Waals surface area contributed by atoms with Gasteiger partial charge in [-0.2, -0.15) is 0 Å². The molecule has 0 saturated heterocycles. The van der Waals surface area contributed by atoms with E-state index in [-0.39, 0.29) is 11.6 Å². The second-order valence-electron chi connectivity index (χ2n) is 2.69. The molecule has 0 fully saturated rings. The molecule has 6 heteroatoms. The van der Waals surface area contributed by atoms with E-state index in [0.717, 1.165) is 0 Å². The van der Waals surface area contributed by atoms with Crippen molar-refractivity contribution < 1.29 is 12.8 Å². The van der Waals surface area contributed by atoms with Crippen molar-refractivity contribution in [3.05, 3.63) is 35.6 Å². The molecule has 0 amide bonds. The molecule has 1 aromatic carbocycles. The summed E-state index contributed by atoms with van der Waals surface area (Å²) < 4.78 is 35.0. The van der Waals surface area contributed by atoms with Gasteiger partial charge in [-0.25, -0.2) is 12.8 Å². The molecule has 1 aromatic rings. The maximum absolute atomic E-state index is 12.5. The Balaban J connectivity index is 2.85. The molecule has 0 aromatic heterocycles. The van der Waals surface area contributed by atoms with Gasteiger partial charge in [0, 0.05) is 0 Å². The number of rotatable bonds is 3. The fourth-order valence-corrected chi connectivity index (χ4v) is 2.74. The largest absolute Gasteiger partial charge is 0.227 e. The van der Waals surface area contributed by atoms with Crippen molar-refractivity contribution in [3.63, 3.8) is 0 Å². The summed E-state index contributed by atoms with van der Waals surface area (Å²) in [5.41, 5.74) is 0.615. The number of benzene rings is 1. The van der Waals surface area contributed by atoms with Gasteiger partial charge in [0.25, 0.3) is 0 Å². The molecule has 0 heterocycles. The van der Waals surface area contributed by atoms with Crippen molar-refractivity contribution in [2.24, 2.45) is 0 Å². The third-order valence-electron chi connectivity index (χ3n) is 1.55. The summed E-state index contributed by atoms with van der Waals surface area (Å²) in [5, 5.41) is 0. The van der Waals surface area contributed by atoms with Crippen LogP contribution in [0.1, 0.15) is 5.56 Å². The van der Waals surface area contributed by atoms with Crippen LogP contribution < -0.4 is 0 Å². The molecule has 1 rings (SSSR count). The maximum atomic E-state index is 12.5. The molecule has 14 heavy (non-hydrogen) atoms. The molecule has 0 saturated carbocycles. The van der Waals surface area contributed by atoms with Crippen LogP contribution in [0.2, 0.25) is 0 Å². The fraction of sp³-hybridized carbons (Fsp3) is 0.250. The first-order valence-electron chi connectivity index (χ1n) is 3.66. The van der Waals surface area contributed by atoms with Gasteiger partial charge in [0.1, 0.15) is 5.82 Å². The first kappa shape index (κ1) is 12.6. The topological polar surface area (TPSA) is 34.1 Å². The fourth-order valence-electron chi connectivity index (χ4n) is 0.876. The SMILES string of the molecule is O=S(=O)(Cc1ccc(F)cc1)C(I)I. The van der Waals surface area contributed by atoms with E-state index < -0.39 is 11.1 Å². The molecular weight excluding hydrogens is 433 g/mol. The molecule has 0 aliphatic carbocycles. The minimum atomic E-state index is -3.11. The Hall–Kier alpha value is 0.560. The quantitative estimate of drug-likeness (QED) is 0.536. The Morgan fingerprint density at radius 3 is 2.14 bits per heavy atom. The predicted molar refractivity (Wildman–Crippen MR) is 70.9 cm³/mol. The summed E-state index contributed by atoms with van der Waals surface area (Å²) >= 11 is 3.69. The van der Waals surface area contributed by atoms with E-state index in [1.54, 1.807) is 0 Å². The standard InChI is InChI=1S/C8H7FI2O2S/c9-7-3-1-6(2-4-7)5-14(12,13)8(10)11/h1-4,8H,5H2. The summed E-state index contributed by atoms with van der Waals surface area (Å²) in [6.45, 7) is 0. The highest BCUT2D eigenvalue weighted by Gasteiger charge is 2.19. The first-order chi connectivity index (χ1) is 6.42. The highest BCUT2D eigenvalue weighted by molar-refractivity contribution is 14.2. The lowest BCUT2D eigenvalue weighted by molar-refractivity contribution is 0.599. The smallest absolute Gasteiger partial charge is 0.175 e. The highest BCUT2D eigenvalue weighted by atomic mass is 127. The zero-order valence-electron chi connectivity index (χ0n) is 6.95. The number of alkyl halides is 2. The molecule has 78 valence electrons. The van der Waals surface area contributed by atoms with Gasteiger partial charge >= 0.3 is 0 Å². The Morgan fingerprint density at radius 1 is 1.21 bits per heavy atom. The molecule has 0 bridgehead atoms. The molecule has 0 aliphatic heterocycles. The Kier molecular flexibility index (Phi) is 4.56. The number of hydrogen-bond donors (Lipinski definition) is 0. The Bertz CT molecular complexity index is 400. The van der Waals surface area contributed by atoms with Crippen LogP contribution in [0.15, 0.2) is 24.3 Å². The van der Waals surface area contributed by atoms with Crippen LogP contribution in [0.4, 0.5) is 4.39 Å². The third kappa shape index (κ3) is 3.61. The van der Waals surface area contributed by atoms with Gasteiger partial charge in [-0.3, -0.25) is 0 Å². The zero-order valence-corrected chi connectivity index (χ0v) is 12.1. The summed E-state index contributed by atoms with van der Waals surface area (Å²) in [6.07, 6.45) is 0. The van der Waals surface area contributed by atoms with Gasteiger partial charge in [-0.05, 0) is 17.7 Å². The van der Waals surface area contributed by atoms with Crippen molar-refractivity contribution in [2.45, 2.75) is 7.02 Å². The van der Waals surface area contributed by atoms with Gasteiger partial charge in [0.15, 0.2) is 11.1 Å². The summed E-state index contributed by atoms with van der Waals surface area (Å²) in [6, 6.07) is 5.51. The summed E-state index contributed by atoms with van der Waals surface area (Å²) in [4.78, 5) is 0. The lowest BCUT2D eigenvalue weighted by Gasteiger charge is -2.04. The van der Waals surface area contributed by atoms with Gasteiger partial charge in [0.05, 0.1) is 5.75 Å². The van der Waals surface area contributed by atoms with Crippen molar-refractivity contribution in [3.8, 4) is 0 Å². The van der Waals surface area contributed by atoms with E-state index in [9.17, 15) is 12.8 Å². The summed E-state index contributed by atoms with van der Waals surface area (Å²) in [5.74, 6) is -0.393. The van der Waals surface area contributed by atoms with Crippen LogP contribution in [-0.2, 0) is 15.6 Å². The van der Waals surface area contributed by atoms with E-state index in [1.165, 1.54) is 24.3 Å². The van der Waals surface area contributed by atoms with E-state index in [4.69, 9.17) is 0 Å². The first-order valence-corrected chi connectivity index (χ1v) is 7.86. The van der Waals surface area contributed by atoms with Crippen molar-refractivity contribution in [1.82, 2.24) is 0 Å². The van der Waals surface area contributed by atoms with E-state index in [1.807, 2.05) is 45.2 Å². The van der Waals surface area contributed by atoms with Crippen LogP contribution in [0, 0.1) is 5.82 Å². The molecule has 0 N–H and O–H groups in total. The minimum Gasteiger partial charge on any atom is -0.227 e. The van der Waals surface area contributed by atoms with Gasteiger partial charge in [0.2, 0.25) is 0 Å². The van der Waals surface area contributed by atoms with Crippen molar-refractivity contribution >= 4 is 55.0 Å². The van der Waals surface area contributed by atoms with Gasteiger partial charge in [-0.1, -0.05) is 57.3 Å². The maximum Gasteiger partial charge on any atom is 0.175 e. The van der Waals surface area contributed by atoms with Crippen LogP contribution in [-0.4, -0.2) is 9.68 Å².